The molecular formula is C17H21N3O3S2. The van der Waals surface area contributed by atoms with Gasteiger partial charge in [0.15, 0.2) is 6.10 Å². The van der Waals surface area contributed by atoms with Crippen LogP contribution in [0.5, 0.6) is 0 Å². The van der Waals surface area contributed by atoms with Crippen LogP contribution < -0.4 is 5.32 Å². The van der Waals surface area contributed by atoms with Crippen molar-refractivity contribution in [2.45, 2.75) is 57.7 Å². The molecule has 0 saturated heterocycles. The molecule has 1 fully saturated rings. The van der Waals surface area contributed by atoms with Gasteiger partial charge in [-0.2, -0.15) is 0 Å². The zero-order valence-electron chi connectivity index (χ0n) is 14.7. The molecule has 2 aromatic heterocycles. The summed E-state index contributed by atoms with van der Waals surface area (Å²) in [6, 6.07) is 0.255. The third-order valence-electron chi connectivity index (χ3n) is 4.04. The minimum atomic E-state index is -0.772. The van der Waals surface area contributed by atoms with Crippen molar-refractivity contribution in [3.63, 3.8) is 0 Å². The van der Waals surface area contributed by atoms with Crippen LogP contribution in [0.15, 0.2) is 5.03 Å². The summed E-state index contributed by atoms with van der Waals surface area (Å²) >= 11 is 2.96. The van der Waals surface area contributed by atoms with E-state index in [-0.39, 0.29) is 17.7 Å². The maximum absolute atomic E-state index is 12.1. The Balaban J connectivity index is 1.63. The van der Waals surface area contributed by atoms with Crippen molar-refractivity contribution in [1.29, 1.82) is 0 Å². The number of aromatic nitrogens is 2. The number of hydrogen-bond donors (Lipinski definition) is 1. The van der Waals surface area contributed by atoms with E-state index in [0.29, 0.717) is 5.82 Å². The smallest absolute Gasteiger partial charge is 0.317 e. The highest BCUT2D eigenvalue weighted by Crippen LogP contribution is 2.35. The van der Waals surface area contributed by atoms with E-state index in [1.54, 1.807) is 18.3 Å². The highest BCUT2D eigenvalue weighted by atomic mass is 32.2. The summed E-state index contributed by atoms with van der Waals surface area (Å²) in [5, 5.41) is 4.63. The van der Waals surface area contributed by atoms with E-state index < -0.39 is 12.1 Å². The lowest BCUT2D eigenvalue weighted by molar-refractivity contribution is -0.152. The molecular weight excluding hydrogens is 358 g/mol. The molecule has 6 nitrogen and oxygen atoms in total. The number of thiophene rings is 1. The number of esters is 1. The predicted molar refractivity (Wildman–Crippen MR) is 99.1 cm³/mol. The number of rotatable bonds is 6. The Kier molecular flexibility index (Phi) is 5.29. The Morgan fingerprint density at radius 1 is 1.32 bits per heavy atom. The van der Waals surface area contributed by atoms with Crippen LogP contribution in [0.2, 0.25) is 0 Å². The van der Waals surface area contributed by atoms with E-state index in [4.69, 9.17) is 4.74 Å². The van der Waals surface area contributed by atoms with Crippen molar-refractivity contribution < 1.29 is 14.3 Å². The van der Waals surface area contributed by atoms with Gasteiger partial charge in [-0.3, -0.25) is 9.59 Å². The number of aryl methyl sites for hydroxylation is 3. The van der Waals surface area contributed by atoms with E-state index in [1.165, 1.54) is 16.6 Å². The van der Waals surface area contributed by atoms with Crippen LogP contribution in [0.3, 0.4) is 0 Å². The van der Waals surface area contributed by atoms with Crippen molar-refractivity contribution in [1.82, 2.24) is 15.3 Å². The van der Waals surface area contributed by atoms with Crippen molar-refractivity contribution >= 4 is 45.2 Å². The van der Waals surface area contributed by atoms with Crippen molar-refractivity contribution in [3.05, 3.63) is 16.3 Å². The molecule has 1 aliphatic carbocycles. The summed E-state index contributed by atoms with van der Waals surface area (Å²) in [5.74, 6) is 0.144. The average molecular weight is 380 g/mol. The molecule has 2 aromatic rings. The summed E-state index contributed by atoms with van der Waals surface area (Å²) in [4.78, 5) is 35.0. The van der Waals surface area contributed by atoms with Crippen molar-refractivity contribution in [2.75, 3.05) is 5.75 Å². The number of amides is 1. The highest BCUT2D eigenvalue weighted by molar-refractivity contribution is 8.00. The number of fused-ring (bicyclic) bond motifs is 1. The third-order valence-corrected chi connectivity index (χ3v) is 6.09. The molecule has 0 unspecified atom stereocenters. The molecule has 0 bridgehead atoms. The highest BCUT2D eigenvalue weighted by Gasteiger charge is 2.27. The third kappa shape index (κ3) is 4.30. The Labute approximate surface area is 154 Å². The van der Waals surface area contributed by atoms with Crippen LogP contribution in [-0.4, -0.2) is 39.7 Å². The molecule has 134 valence electrons. The minimum absolute atomic E-state index is 0.112. The van der Waals surface area contributed by atoms with Gasteiger partial charge in [0.25, 0.3) is 5.91 Å². The van der Waals surface area contributed by atoms with Gasteiger partial charge >= 0.3 is 5.97 Å². The van der Waals surface area contributed by atoms with Gasteiger partial charge < -0.3 is 10.1 Å². The number of carbonyl (C=O) groups is 2. The SMILES string of the molecule is Cc1nc(SCC(=O)O[C@@H](C)C(=O)NC2CC2)c2c(C)c(C)sc2n1. The molecule has 0 aliphatic heterocycles. The lowest BCUT2D eigenvalue weighted by Gasteiger charge is -2.13. The van der Waals surface area contributed by atoms with Crippen molar-refractivity contribution in [2.24, 2.45) is 0 Å². The molecule has 3 rings (SSSR count). The van der Waals surface area contributed by atoms with Gasteiger partial charge in [0.1, 0.15) is 15.7 Å². The maximum atomic E-state index is 12.1. The fraction of sp³-hybridized carbons (Fsp3) is 0.529. The Hall–Kier alpha value is -1.67. The molecule has 1 aliphatic rings. The maximum Gasteiger partial charge on any atom is 0.317 e. The second-order valence-electron chi connectivity index (χ2n) is 6.24. The summed E-state index contributed by atoms with van der Waals surface area (Å²) in [7, 11) is 0. The van der Waals surface area contributed by atoms with Crippen LogP contribution >= 0.6 is 23.1 Å². The molecule has 25 heavy (non-hydrogen) atoms. The van der Waals surface area contributed by atoms with Gasteiger partial charge in [0.05, 0.1) is 5.75 Å². The molecule has 1 saturated carbocycles. The van der Waals surface area contributed by atoms with E-state index >= 15 is 0 Å². The topological polar surface area (TPSA) is 81.2 Å². The molecule has 0 radical (unpaired) electrons. The summed E-state index contributed by atoms with van der Waals surface area (Å²) in [6.07, 6.45) is 1.24. The Bertz CT molecular complexity index is 830. The van der Waals surface area contributed by atoms with Gasteiger partial charge in [-0.15, -0.1) is 11.3 Å². The molecule has 0 spiro atoms. The second-order valence-corrected chi connectivity index (χ2v) is 8.41. The van der Waals surface area contributed by atoms with Gasteiger partial charge in [-0.1, -0.05) is 11.8 Å². The van der Waals surface area contributed by atoms with Gasteiger partial charge in [-0.25, -0.2) is 9.97 Å². The zero-order chi connectivity index (χ0) is 18.1. The standard InChI is InChI=1S/C17H21N3O3S2/c1-8-10(3)25-17-14(8)16(18-11(4)19-17)24-7-13(21)23-9(2)15(22)20-12-5-6-12/h9,12H,5-7H2,1-4H3,(H,20,22)/t9-/m0/s1. The Morgan fingerprint density at radius 2 is 2.04 bits per heavy atom. The number of nitrogens with one attached hydrogen (secondary N) is 1. The van der Waals surface area contributed by atoms with Crippen LogP contribution in [-0.2, 0) is 14.3 Å². The second kappa shape index (κ2) is 7.29. The van der Waals surface area contributed by atoms with Gasteiger partial charge in [0, 0.05) is 16.3 Å². The zero-order valence-corrected chi connectivity index (χ0v) is 16.3. The quantitative estimate of drug-likeness (QED) is 0.472. The average Bonchev–Trinajstić information content (AvgIpc) is 3.30. The van der Waals surface area contributed by atoms with E-state index in [1.807, 2.05) is 13.8 Å². The Morgan fingerprint density at radius 3 is 2.72 bits per heavy atom. The summed E-state index contributed by atoms with van der Waals surface area (Å²) in [6.45, 7) is 7.54. The first-order valence-corrected chi connectivity index (χ1v) is 10.0. The molecule has 8 heteroatoms. The minimum Gasteiger partial charge on any atom is -0.452 e. The predicted octanol–water partition coefficient (Wildman–Crippen LogP) is 2.92. The van der Waals surface area contributed by atoms with Crippen molar-refractivity contribution in [3.8, 4) is 0 Å². The molecule has 1 atom stereocenters. The molecule has 1 amide bonds. The van der Waals surface area contributed by atoms with Crippen LogP contribution in [0.1, 0.15) is 36.0 Å². The number of nitrogens with zero attached hydrogens (tertiary/aromatic N) is 2. The normalized spacial score (nSPS) is 15.2. The fourth-order valence-corrected chi connectivity index (χ4v) is 4.43. The first kappa shape index (κ1) is 18.1. The van der Waals surface area contributed by atoms with Gasteiger partial charge in [-0.05, 0) is 46.1 Å². The summed E-state index contributed by atoms with van der Waals surface area (Å²) < 4.78 is 5.23. The van der Waals surface area contributed by atoms with Crippen LogP contribution in [0, 0.1) is 20.8 Å². The largest absolute Gasteiger partial charge is 0.452 e. The van der Waals surface area contributed by atoms with E-state index in [0.717, 1.165) is 33.6 Å². The lowest BCUT2D eigenvalue weighted by atomic mass is 10.2. The molecule has 0 aromatic carbocycles. The first-order valence-electron chi connectivity index (χ1n) is 8.22. The monoisotopic (exact) mass is 379 g/mol. The summed E-state index contributed by atoms with van der Waals surface area (Å²) in [5.41, 5.74) is 1.15. The fourth-order valence-electron chi connectivity index (χ4n) is 2.38. The van der Waals surface area contributed by atoms with Crippen LogP contribution in [0.25, 0.3) is 10.2 Å². The number of thioether (sulfide) groups is 1. The molecule has 2 heterocycles. The number of hydrogen-bond acceptors (Lipinski definition) is 7. The van der Waals surface area contributed by atoms with Crippen LogP contribution in [0.4, 0.5) is 0 Å². The van der Waals surface area contributed by atoms with E-state index in [2.05, 4.69) is 22.2 Å². The molecule has 1 N–H and O–H groups in total. The van der Waals surface area contributed by atoms with Gasteiger partial charge in [0.2, 0.25) is 0 Å². The first-order chi connectivity index (χ1) is 11.8. The number of carbonyl (C=O) groups excluding carboxylic acids is 2. The number of ether oxygens (including phenoxy) is 1. The van der Waals surface area contributed by atoms with E-state index in [9.17, 15) is 9.59 Å². The lowest BCUT2D eigenvalue weighted by Crippen LogP contribution is -2.37.